The van der Waals surface area contributed by atoms with Crippen LogP contribution in [0.15, 0.2) is 30.5 Å². The van der Waals surface area contributed by atoms with Crippen molar-refractivity contribution in [2.24, 2.45) is 0 Å². The molecule has 0 aliphatic heterocycles. The minimum Gasteiger partial charge on any atom is -0.394 e. The number of hydrogen-bond acceptors (Lipinski definition) is 3. The van der Waals surface area contributed by atoms with Gasteiger partial charge < -0.3 is 25.0 Å². The van der Waals surface area contributed by atoms with Gasteiger partial charge in [0, 0.05) is 31.6 Å². The lowest BCUT2D eigenvalue weighted by Gasteiger charge is -2.09. The van der Waals surface area contributed by atoms with Crippen molar-refractivity contribution in [3.05, 3.63) is 30.5 Å². The molecule has 2 amide bonds. The van der Waals surface area contributed by atoms with Crippen LogP contribution in [0.1, 0.15) is 19.8 Å². The molecule has 1 aromatic carbocycles. The molecule has 0 aliphatic carbocycles. The van der Waals surface area contributed by atoms with Gasteiger partial charge in [0.25, 0.3) is 0 Å². The number of rotatable bonds is 9. The fourth-order valence-electron chi connectivity index (χ4n) is 2.42. The predicted octanol–water partition coefficient (Wildman–Crippen LogP) is 2.57. The van der Waals surface area contributed by atoms with Crippen molar-refractivity contribution in [2.45, 2.75) is 26.3 Å². The van der Waals surface area contributed by atoms with Gasteiger partial charge in [0.15, 0.2) is 0 Å². The molecular weight excluding hydrogens is 294 g/mol. The van der Waals surface area contributed by atoms with Gasteiger partial charge in [0.2, 0.25) is 0 Å². The molecule has 1 heterocycles. The van der Waals surface area contributed by atoms with Gasteiger partial charge in [-0.3, -0.25) is 0 Å². The van der Waals surface area contributed by atoms with Gasteiger partial charge in [-0.05, 0) is 36.4 Å². The Morgan fingerprint density at radius 1 is 1.30 bits per heavy atom. The quantitative estimate of drug-likeness (QED) is 0.622. The number of amides is 2. The number of urea groups is 1. The lowest BCUT2D eigenvalue weighted by atomic mass is 10.2. The SMILES string of the molecule is CCCn1ccc2ccc(NC(=O)NCCCOCCO)cc21. The fraction of sp³-hybridized carbons (Fsp3) is 0.471. The zero-order valence-corrected chi connectivity index (χ0v) is 13.5. The summed E-state index contributed by atoms with van der Waals surface area (Å²) in [5, 5.41) is 15.4. The Morgan fingerprint density at radius 2 is 2.17 bits per heavy atom. The fourth-order valence-corrected chi connectivity index (χ4v) is 2.42. The number of carbonyl (C=O) groups excluding carboxylic acids is 1. The standard InChI is InChI=1S/C17H25N3O3/c1-2-8-20-9-6-14-4-5-15(13-16(14)20)19-17(22)18-7-3-11-23-12-10-21/h4-6,9,13,21H,2-3,7-8,10-12H2,1H3,(H2,18,19,22). The number of anilines is 1. The number of aromatic nitrogens is 1. The second-order valence-electron chi connectivity index (χ2n) is 5.35. The normalized spacial score (nSPS) is 10.9. The third-order valence-corrected chi connectivity index (χ3v) is 3.48. The van der Waals surface area contributed by atoms with Crippen molar-refractivity contribution in [2.75, 3.05) is 31.7 Å². The number of aliphatic hydroxyl groups is 1. The highest BCUT2D eigenvalue weighted by molar-refractivity contribution is 5.92. The summed E-state index contributed by atoms with van der Waals surface area (Å²) in [6.45, 7) is 4.53. The lowest BCUT2D eigenvalue weighted by molar-refractivity contribution is 0.0910. The van der Waals surface area contributed by atoms with Crippen molar-refractivity contribution in [3.63, 3.8) is 0 Å². The van der Waals surface area contributed by atoms with Crippen molar-refractivity contribution in [1.29, 1.82) is 0 Å². The van der Waals surface area contributed by atoms with Gasteiger partial charge in [-0.1, -0.05) is 13.0 Å². The van der Waals surface area contributed by atoms with Crippen LogP contribution < -0.4 is 10.6 Å². The molecular formula is C17H25N3O3. The van der Waals surface area contributed by atoms with Crippen LogP contribution in [0, 0.1) is 0 Å². The zero-order chi connectivity index (χ0) is 16.5. The molecule has 3 N–H and O–H groups in total. The molecule has 0 radical (unpaired) electrons. The largest absolute Gasteiger partial charge is 0.394 e. The van der Waals surface area contributed by atoms with Gasteiger partial charge in [0.05, 0.1) is 18.7 Å². The van der Waals surface area contributed by atoms with Gasteiger partial charge in [-0.25, -0.2) is 4.79 Å². The Hall–Kier alpha value is -2.05. The Kier molecular flexibility index (Phi) is 6.90. The molecule has 6 heteroatoms. The summed E-state index contributed by atoms with van der Waals surface area (Å²) < 4.78 is 7.33. The lowest BCUT2D eigenvalue weighted by Crippen LogP contribution is -2.30. The first kappa shape index (κ1) is 17.3. The Morgan fingerprint density at radius 3 is 2.96 bits per heavy atom. The molecule has 23 heavy (non-hydrogen) atoms. The van der Waals surface area contributed by atoms with E-state index >= 15 is 0 Å². The summed E-state index contributed by atoms with van der Waals surface area (Å²) in [7, 11) is 0. The summed E-state index contributed by atoms with van der Waals surface area (Å²) >= 11 is 0. The van der Waals surface area contributed by atoms with E-state index in [1.54, 1.807) is 0 Å². The summed E-state index contributed by atoms with van der Waals surface area (Å²) in [5.41, 5.74) is 1.91. The molecule has 0 bridgehead atoms. The van der Waals surface area contributed by atoms with Gasteiger partial charge in [-0.2, -0.15) is 0 Å². The number of carbonyl (C=O) groups is 1. The van der Waals surface area contributed by atoms with Crippen LogP contribution in [0.3, 0.4) is 0 Å². The van der Waals surface area contributed by atoms with Crippen LogP contribution in [0.4, 0.5) is 10.5 Å². The first-order valence-corrected chi connectivity index (χ1v) is 8.07. The van der Waals surface area contributed by atoms with Crippen LogP contribution in [0.25, 0.3) is 10.9 Å². The monoisotopic (exact) mass is 319 g/mol. The van der Waals surface area contributed by atoms with E-state index in [4.69, 9.17) is 9.84 Å². The number of ether oxygens (including phenoxy) is 1. The summed E-state index contributed by atoms with van der Waals surface area (Å²) in [6.07, 6.45) is 3.86. The van der Waals surface area contributed by atoms with E-state index in [2.05, 4.69) is 34.4 Å². The molecule has 0 saturated carbocycles. The van der Waals surface area contributed by atoms with Crippen molar-refractivity contribution >= 4 is 22.6 Å². The first-order chi connectivity index (χ1) is 11.2. The number of fused-ring (bicyclic) bond motifs is 1. The average Bonchev–Trinajstić information content (AvgIpc) is 2.94. The maximum Gasteiger partial charge on any atom is 0.319 e. The first-order valence-electron chi connectivity index (χ1n) is 8.07. The Balaban J connectivity index is 1.83. The van der Waals surface area contributed by atoms with Gasteiger partial charge >= 0.3 is 6.03 Å². The van der Waals surface area contributed by atoms with Crippen LogP contribution >= 0.6 is 0 Å². The highest BCUT2D eigenvalue weighted by atomic mass is 16.5. The molecule has 0 aliphatic rings. The van der Waals surface area contributed by atoms with Crippen LogP contribution in [0.5, 0.6) is 0 Å². The smallest absolute Gasteiger partial charge is 0.319 e. The van der Waals surface area contributed by atoms with E-state index in [1.165, 1.54) is 5.39 Å². The van der Waals surface area contributed by atoms with Crippen LogP contribution in [0.2, 0.25) is 0 Å². The minimum absolute atomic E-state index is 0.0240. The Labute approximate surface area is 136 Å². The molecule has 0 fully saturated rings. The zero-order valence-electron chi connectivity index (χ0n) is 13.5. The van der Waals surface area contributed by atoms with E-state index in [0.717, 1.165) is 24.2 Å². The van der Waals surface area contributed by atoms with Gasteiger partial charge in [-0.15, -0.1) is 0 Å². The molecule has 0 saturated heterocycles. The molecule has 2 rings (SSSR count). The maximum atomic E-state index is 11.9. The number of aryl methyl sites for hydroxylation is 1. The number of benzene rings is 1. The molecule has 1 aromatic heterocycles. The van der Waals surface area contributed by atoms with E-state index in [-0.39, 0.29) is 12.6 Å². The summed E-state index contributed by atoms with van der Waals surface area (Å²) in [5.74, 6) is 0. The molecule has 6 nitrogen and oxygen atoms in total. The summed E-state index contributed by atoms with van der Waals surface area (Å²) in [4.78, 5) is 11.9. The summed E-state index contributed by atoms with van der Waals surface area (Å²) in [6, 6.07) is 7.78. The van der Waals surface area contributed by atoms with E-state index in [9.17, 15) is 4.79 Å². The molecule has 0 atom stereocenters. The third-order valence-electron chi connectivity index (χ3n) is 3.48. The van der Waals surface area contributed by atoms with E-state index < -0.39 is 0 Å². The molecule has 0 spiro atoms. The highest BCUT2D eigenvalue weighted by Gasteiger charge is 2.05. The van der Waals surface area contributed by atoms with Crippen molar-refractivity contribution in [3.8, 4) is 0 Å². The van der Waals surface area contributed by atoms with Gasteiger partial charge in [0.1, 0.15) is 0 Å². The maximum absolute atomic E-state index is 11.9. The van der Waals surface area contributed by atoms with Crippen molar-refractivity contribution < 1.29 is 14.6 Å². The second-order valence-corrected chi connectivity index (χ2v) is 5.35. The minimum atomic E-state index is -0.222. The van der Waals surface area contributed by atoms with Crippen LogP contribution in [-0.4, -0.2) is 42.1 Å². The highest BCUT2D eigenvalue weighted by Crippen LogP contribution is 2.20. The number of hydrogen-bond donors (Lipinski definition) is 3. The molecule has 2 aromatic rings. The number of aliphatic hydroxyl groups excluding tert-OH is 1. The van der Waals surface area contributed by atoms with Crippen molar-refractivity contribution in [1.82, 2.24) is 9.88 Å². The van der Waals surface area contributed by atoms with E-state index in [0.29, 0.717) is 26.2 Å². The topological polar surface area (TPSA) is 75.5 Å². The molecule has 0 unspecified atom stereocenters. The Bertz CT molecular complexity index is 625. The number of nitrogens with one attached hydrogen (secondary N) is 2. The predicted molar refractivity (Wildman–Crippen MR) is 91.8 cm³/mol. The number of nitrogens with zero attached hydrogens (tertiary/aromatic N) is 1. The third kappa shape index (κ3) is 5.26. The van der Waals surface area contributed by atoms with E-state index in [1.807, 2.05) is 18.2 Å². The average molecular weight is 319 g/mol. The molecule has 126 valence electrons. The second kappa shape index (κ2) is 9.17. The van der Waals surface area contributed by atoms with Crippen LogP contribution in [-0.2, 0) is 11.3 Å².